The van der Waals surface area contributed by atoms with Gasteiger partial charge in [-0.05, 0) is 72.8 Å². The lowest BCUT2D eigenvalue weighted by Gasteiger charge is -2.31. The van der Waals surface area contributed by atoms with Crippen molar-refractivity contribution in [3.05, 3.63) is 59.2 Å². The van der Waals surface area contributed by atoms with Crippen molar-refractivity contribution in [1.82, 2.24) is 5.43 Å². The van der Waals surface area contributed by atoms with Crippen molar-refractivity contribution < 1.29 is 0 Å². The van der Waals surface area contributed by atoms with Crippen molar-refractivity contribution in [1.29, 1.82) is 0 Å². The van der Waals surface area contributed by atoms with Crippen molar-refractivity contribution in [2.45, 2.75) is 39.5 Å². The maximum atomic E-state index is 5.36. The van der Waals surface area contributed by atoms with Crippen molar-refractivity contribution >= 4 is 34.9 Å². The lowest BCUT2D eigenvalue weighted by Crippen LogP contribution is -2.30. The lowest BCUT2D eigenvalue weighted by atomic mass is 9.99. The van der Waals surface area contributed by atoms with Crippen LogP contribution >= 0.6 is 12.2 Å². The molecule has 3 rings (SSSR count). The van der Waals surface area contributed by atoms with Crippen molar-refractivity contribution in [2.24, 2.45) is 5.10 Å². The zero-order valence-electron chi connectivity index (χ0n) is 16.2. The molecule has 0 amide bonds. The molecule has 0 saturated heterocycles. The van der Waals surface area contributed by atoms with E-state index >= 15 is 0 Å². The van der Waals surface area contributed by atoms with E-state index in [0.717, 1.165) is 37.2 Å². The largest absolute Gasteiger partial charge is 0.371 e. The predicted molar refractivity (Wildman–Crippen MR) is 120 cm³/mol. The number of hydrogen-bond acceptors (Lipinski definition) is 3. The molecule has 1 aliphatic rings. The van der Waals surface area contributed by atoms with Gasteiger partial charge in [0.25, 0.3) is 0 Å². The zero-order chi connectivity index (χ0) is 19.1. The van der Waals surface area contributed by atoms with E-state index in [4.69, 9.17) is 12.2 Å². The van der Waals surface area contributed by atoms with E-state index in [1.165, 1.54) is 29.7 Å². The molecule has 5 heteroatoms. The normalized spacial score (nSPS) is 13.5. The van der Waals surface area contributed by atoms with Gasteiger partial charge in [0.05, 0.1) is 6.21 Å². The minimum atomic E-state index is 0.499. The van der Waals surface area contributed by atoms with Crippen LogP contribution in [0.1, 0.15) is 43.4 Å². The smallest absolute Gasteiger partial charge is 0.191 e. The van der Waals surface area contributed by atoms with Gasteiger partial charge in [0.15, 0.2) is 5.11 Å². The number of rotatable bonds is 6. The third-order valence-corrected chi connectivity index (χ3v) is 5.03. The van der Waals surface area contributed by atoms with Crippen LogP contribution in [0.3, 0.4) is 0 Å². The fraction of sp³-hybridized carbons (Fsp3) is 0.364. The zero-order valence-corrected chi connectivity index (χ0v) is 17.0. The monoisotopic (exact) mass is 380 g/mol. The summed E-state index contributed by atoms with van der Waals surface area (Å²) in [6.45, 7) is 6.65. The second-order valence-corrected chi connectivity index (χ2v) is 7.22. The summed E-state index contributed by atoms with van der Waals surface area (Å²) < 4.78 is 0. The van der Waals surface area contributed by atoms with E-state index < -0.39 is 0 Å². The first-order valence-corrected chi connectivity index (χ1v) is 10.2. The van der Waals surface area contributed by atoms with E-state index in [-0.39, 0.29) is 0 Å². The Morgan fingerprint density at radius 3 is 2.89 bits per heavy atom. The number of hydrogen-bond donors (Lipinski definition) is 2. The molecule has 1 heterocycles. The van der Waals surface area contributed by atoms with Crippen LogP contribution in [0.2, 0.25) is 0 Å². The summed E-state index contributed by atoms with van der Waals surface area (Å²) >= 11 is 5.36. The molecular formula is C22H28N4S. The molecular weight excluding hydrogens is 352 g/mol. The van der Waals surface area contributed by atoms with Crippen LogP contribution in [0.5, 0.6) is 0 Å². The second-order valence-electron chi connectivity index (χ2n) is 6.81. The molecule has 0 saturated carbocycles. The Morgan fingerprint density at radius 1 is 1.22 bits per heavy atom. The fourth-order valence-electron chi connectivity index (χ4n) is 3.54. The Bertz CT molecular complexity index is 816. The number of anilines is 2. The number of aryl methyl sites for hydroxylation is 2. The summed E-state index contributed by atoms with van der Waals surface area (Å²) in [5, 5.41) is 8.02. The summed E-state index contributed by atoms with van der Waals surface area (Å²) in [6, 6.07) is 14.8. The van der Waals surface area contributed by atoms with Crippen LogP contribution in [-0.2, 0) is 12.8 Å². The predicted octanol–water partition coefficient (Wildman–Crippen LogP) is 4.73. The first-order chi connectivity index (χ1) is 13.2. The summed E-state index contributed by atoms with van der Waals surface area (Å²) in [5.41, 5.74) is 9.06. The highest BCUT2D eigenvalue weighted by molar-refractivity contribution is 7.80. The molecule has 4 nitrogen and oxygen atoms in total. The summed E-state index contributed by atoms with van der Waals surface area (Å²) in [6.07, 6.45) is 6.32. The molecule has 27 heavy (non-hydrogen) atoms. The Morgan fingerprint density at radius 2 is 2.07 bits per heavy atom. The van der Waals surface area contributed by atoms with Gasteiger partial charge in [0, 0.05) is 24.5 Å². The van der Waals surface area contributed by atoms with E-state index in [0.29, 0.717) is 5.11 Å². The highest BCUT2D eigenvalue weighted by Crippen LogP contribution is 2.27. The lowest BCUT2D eigenvalue weighted by molar-refractivity contribution is 0.681. The van der Waals surface area contributed by atoms with Crippen molar-refractivity contribution in [2.75, 3.05) is 23.3 Å². The minimum absolute atomic E-state index is 0.499. The quantitative estimate of drug-likeness (QED) is 0.432. The van der Waals surface area contributed by atoms with Gasteiger partial charge >= 0.3 is 0 Å². The van der Waals surface area contributed by atoms with Gasteiger partial charge in [-0.2, -0.15) is 5.10 Å². The van der Waals surface area contributed by atoms with Gasteiger partial charge < -0.3 is 10.2 Å². The Balaban J connectivity index is 1.60. The molecule has 2 N–H and O–H groups in total. The maximum Gasteiger partial charge on any atom is 0.191 e. The highest BCUT2D eigenvalue weighted by Gasteiger charge is 2.15. The first kappa shape index (κ1) is 19.4. The molecule has 0 spiro atoms. The van der Waals surface area contributed by atoms with Crippen LogP contribution in [0.15, 0.2) is 47.6 Å². The van der Waals surface area contributed by atoms with E-state index in [1.807, 2.05) is 24.4 Å². The molecule has 0 bridgehead atoms. The van der Waals surface area contributed by atoms with Gasteiger partial charge in [-0.15, -0.1) is 0 Å². The molecule has 0 aromatic heterocycles. The SMILES string of the molecule is CCCN1CCCc2cc(/C=N\NC(=S)Nc3ccccc3CC)ccc21. The Labute approximate surface area is 167 Å². The van der Waals surface area contributed by atoms with E-state index in [9.17, 15) is 0 Å². The topological polar surface area (TPSA) is 39.7 Å². The molecule has 0 radical (unpaired) electrons. The van der Waals surface area contributed by atoms with Crippen molar-refractivity contribution in [3.63, 3.8) is 0 Å². The first-order valence-electron chi connectivity index (χ1n) is 9.77. The van der Waals surface area contributed by atoms with Gasteiger partial charge in [0.1, 0.15) is 0 Å². The third-order valence-electron chi connectivity index (χ3n) is 4.84. The molecule has 2 aromatic rings. The Hall–Kier alpha value is -2.40. The second kappa shape index (κ2) is 9.51. The molecule has 0 unspecified atom stereocenters. The number of nitrogens with zero attached hydrogens (tertiary/aromatic N) is 2. The summed E-state index contributed by atoms with van der Waals surface area (Å²) in [5.74, 6) is 0. The van der Waals surface area contributed by atoms with Crippen LogP contribution in [0, 0.1) is 0 Å². The highest BCUT2D eigenvalue weighted by atomic mass is 32.1. The van der Waals surface area contributed by atoms with Gasteiger partial charge in [-0.25, -0.2) is 0 Å². The average Bonchev–Trinajstić information content (AvgIpc) is 2.69. The van der Waals surface area contributed by atoms with E-state index in [1.54, 1.807) is 0 Å². The standard InChI is InChI=1S/C22H28N4S/c1-3-13-26-14-7-9-19-15-17(11-12-21(19)26)16-23-25-22(27)24-20-10-6-5-8-18(20)4-2/h5-6,8,10-12,15-16H,3-4,7,9,13-14H2,1-2H3,(H2,24,25,27)/b23-16-. The fourth-order valence-corrected chi connectivity index (χ4v) is 3.71. The number of fused-ring (bicyclic) bond motifs is 1. The maximum absolute atomic E-state index is 5.36. The van der Waals surface area contributed by atoms with Crippen LogP contribution < -0.4 is 15.6 Å². The molecule has 0 atom stereocenters. The average molecular weight is 381 g/mol. The van der Waals surface area contributed by atoms with Crippen LogP contribution in [0.25, 0.3) is 0 Å². The number of para-hydroxylation sites is 1. The minimum Gasteiger partial charge on any atom is -0.371 e. The molecule has 0 fully saturated rings. The molecule has 2 aromatic carbocycles. The molecule has 0 aliphatic carbocycles. The number of thiocarbonyl (C=S) groups is 1. The number of nitrogens with one attached hydrogen (secondary N) is 2. The van der Waals surface area contributed by atoms with Crippen molar-refractivity contribution in [3.8, 4) is 0 Å². The van der Waals surface area contributed by atoms with Gasteiger partial charge in [0.2, 0.25) is 0 Å². The summed E-state index contributed by atoms with van der Waals surface area (Å²) in [4.78, 5) is 2.49. The molecule has 1 aliphatic heterocycles. The van der Waals surface area contributed by atoms with Crippen LogP contribution in [0.4, 0.5) is 11.4 Å². The third kappa shape index (κ3) is 5.07. The Kier molecular flexibility index (Phi) is 6.82. The van der Waals surface area contributed by atoms with E-state index in [2.05, 4.69) is 58.9 Å². The molecule has 142 valence electrons. The van der Waals surface area contributed by atoms with Crippen LogP contribution in [-0.4, -0.2) is 24.4 Å². The number of benzene rings is 2. The van der Waals surface area contributed by atoms with Gasteiger partial charge in [-0.3, -0.25) is 5.43 Å². The summed E-state index contributed by atoms with van der Waals surface area (Å²) in [7, 11) is 0. The van der Waals surface area contributed by atoms with Gasteiger partial charge in [-0.1, -0.05) is 38.1 Å². The number of hydrazone groups is 1.